The van der Waals surface area contributed by atoms with E-state index in [2.05, 4.69) is 24.3 Å². The highest BCUT2D eigenvalue weighted by Crippen LogP contribution is 2.44. The van der Waals surface area contributed by atoms with Gasteiger partial charge in [0.15, 0.2) is 0 Å². The van der Waals surface area contributed by atoms with Crippen LogP contribution in [0, 0.1) is 11.8 Å². The van der Waals surface area contributed by atoms with Crippen molar-refractivity contribution < 1.29 is 9.47 Å². The summed E-state index contributed by atoms with van der Waals surface area (Å²) in [6.45, 7) is 0.996. The highest BCUT2D eigenvalue weighted by atomic mass is 16.5. The minimum Gasteiger partial charge on any atom is -0.497 e. The maximum atomic E-state index is 5.91. The zero-order valence-electron chi connectivity index (χ0n) is 11.8. The van der Waals surface area contributed by atoms with Crippen LogP contribution in [0.3, 0.4) is 0 Å². The molecule has 2 nitrogen and oxygen atoms in total. The SMILES string of the molecule is COc1ccc(CCC[C@@H]2C[C@H]3CCCO[C@H]32)cc1. The predicted octanol–water partition coefficient (Wildman–Crippen LogP) is 3.83. The molecule has 1 aliphatic heterocycles. The lowest BCUT2D eigenvalue weighted by molar-refractivity contribution is -0.129. The number of aryl methyl sites for hydroxylation is 1. The summed E-state index contributed by atoms with van der Waals surface area (Å²) in [6, 6.07) is 8.47. The lowest BCUT2D eigenvalue weighted by Crippen LogP contribution is -2.46. The minimum absolute atomic E-state index is 0.601. The molecule has 1 aliphatic carbocycles. The molecular weight excluding hydrogens is 236 g/mol. The van der Waals surface area contributed by atoms with E-state index >= 15 is 0 Å². The fourth-order valence-electron chi connectivity index (χ4n) is 3.61. The fraction of sp³-hybridized carbons (Fsp3) is 0.647. The third kappa shape index (κ3) is 2.94. The highest BCUT2D eigenvalue weighted by molar-refractivity contribution is 5.27. The smallest absolute Gasteiger partial charge is 0.118 e. The van der Waals surface area contributed by atoms with E-state index in [9.17, 15) is 0 Å². The van der Waals surface area contributed by atoms with E-state index in [1.165, 1.54) is 44.1 Å². The van der Waals surface area contributed by atoms with Crippen LogP contribution in [0.5, 0.6) is 5.75 Å². The number of methoxy groups -OCH3 is 1. The molecule has 0 N–H and O–H groups in total. The van der Waals surface area contributed by atoms with Crippen LogP contribution in [0.2, 0.25) is 0 Å². The molecule has 1 heterocycles. The van der Waals surface area contributed by atoms with Gasteiger partial charge in [0.1, 0.15) is 5.75 Å². The molecule has 2 heteroatoms. The lowest BCUT2D eigenvalue weighted by Gasteiger charge is -2.47. The van der Waals surface area contributed by atoms with Gasteiger partial charge in [0.05, 0.1) is 13.2 Å². The molecule has 0 bridgehead atoms. The molecular formula is C17H24O2. The average molecular weight is 260 g/mol. The van der Waals surface area contributed by atoms with Crippen molar-refractivity contribution >= 4 is 0 Å². The molecule has 1 aromatic carbocycles. The monoisotopic (exact) mass is 260 g/mol. The zero-order valence-corrected chi connectivity index (χ0v) is 11.8. The van der Waals surface area contributed by atoms with Crippen molar-refractivity contribution in [1.82, 2.24) is 0 Å². The van der Waals surface area contributed by atoms with Gasteiger partial charge in [-0.1, -0.05) is 12.1 Å². The third-order valence-corrected chi connectivity index (χ3v) is 4.76. The van der Waals surface area contributed by atoms with Crippen LogP contribution in [0.4, 0.5) is 0 Å². The van der Waals surface area contributed by atoms with Gasteiger partial charge < -0.3 is 9.47 Å². The van der Waals surface area contributed by atoms with Gasteiger partial charge in [0.25, 0.3) is 0 Å². The molecule has 1 saturated heterocycles. The van der Waals surface area contributed by atoms with Crippen LogP contribution in [-0.2, 0) is 11.2 Å². The van der Waals surface area contributed by atoms with E-state index < -0.39 is 0 Å². The summed E-state index contributed by atoms with van der Waals surface area (Å²) in [6.07, 6.45) is 8.48. The quantitative estimate of drug-likeness (QED) is 0.801. The van der Waals surface area contributed by atoms with Crippen LogP contribution < -0.4 is 4.74 Å². The molecule has 0 spiro atoms. The first-order valence-corrected chi connectivity index (χ1v) is 7.61. The molecule has 0 amide bonds. The maximum Gasteiger partial charge on any atom is 0.118 e. The van der Waals surface area contributed by atoms with E-state index in [1.807, 2.05) is 0 Å². The Bertz CT molecular complexity index is 398. The topological polar surface area (TPSA) is 18.5 Å². The summed E-state index contributed by atoms with van der Waals surface area (Å²) in [5.41, 5.74) is 1.42. The first-order chi connectivity index (χ1) is 9.36. The molecule has 1 saturated carbocycles. The summed E-state index contributed by atoms with van der Waals surface area (Å²) in [5.74, 6) is 2.67. The van der Waals surface area contributed by atoms with Crippen molar-refractivity contribution in [3.05, 3.63) is 29.8 Å². The lowest BCUT2D eigenvalue weighted by atomic mass is 9.67. The van der Waals surface area contributed by atoms with Crippen molar-refractivity contribution in [3.63, 3.8) is 0 Å². The number of rotatable bonds is 5. The van der Waals surface area contributed by atoms with Gasteiger partial charge in [-0.3, -0.25) is 0 Å². The second-order valence-electron chi connectivity index (χ2n) is 5.97. The molecule has 3 atom stereocenters. The van der Waals surface area contributed by atoms with E-state index in [0.29, 0.717) is 6.10 Å². The predicted molar refractivity (Wildman–Crippen MR) is 76.5 cm³/mol. The van der Waals surface area contributed by atoms with Crippen LogP contribution >= 0.6 is 0 Å². The number of fused-ring (bicyclic) bond motifs is 1. The van der Waals surface area contributed by atoms with Gasteiger partial charge in [0.2, 0.25) is 0 Å². The van der Waals surface area contributed by atoms with Gasteiger partial charge in [0, 0.05) is 6.61 Å². The van der Waals surface area contributed by atoms with Crippen molar-refractivity contribution in [2.24, 2.45) is 11.8 Å². The minimum atomic E-state index is 0.601. The second kappa shape index (κ2) is 5.96. The van der Waals surface area contributed by atoms with E-state index in [0.717, 1.165) is 24.2 Å². The number of ether oxygens (including phenoxy) is 2. The molecule has 2 aliphatic rings. The van der Waals surface area contributed by atoms with Gasteiger partial charge in [-0.2, -0.15) is 0 Å². The van der Waals surface area contributed by atoms with Crippen LogP contribution in [0.25, 0.3) is 0 Å². The van der Waals surface area contributed by atoms with Gasteiger partial charge in [-0.25, -0.2) is 0 Å². The zero-order chi connectivity index (χ0) is 13.1. The van der Waals surface area contributed by atoms with Crippen LogP contribution in [0.1, 0.15) is 37.7 Å². The Morgan fingerprint density at radius 2 is 2.11 bits per heavy atom. The van der Waals surface area contributed by atoms with E-state index in [4.69, 9.17) is 9.47 Å². The van der Waals surface area contributed by atoms with Crippen molar-refractivity contribution in [1.29, 1.82) is 0 Å². The Balaban J connectivity index is 1.40. The van der Waals surface area contributed by atoms with Crippen molar-refractivity contribution in [2.45, 2.75) is 44.6 Å². The summed E-state index contributed by atoms with van der Waals surface area (Å²) in [5, 5.41) is 0. The highest BCUT2D eigenvalue weighted by Gasteiger charge is 2.42. The largest absolute Gasteiger partial charge is 0.497 e. The second-order valence-corrected chi connectivity index (χ2v) is 5.97. The third-order valence-electron chi connectivity index (χ3n) is 4.76. The van der Waals surface area contributed by atoms with Crippen molar-refractivity contribution in [2.75, 3.05) is 13.7 Å². The summed E-state index contributed by atoms with van der Waals surface area (Å²) in [7, 11) is 1.71. The molecule has 3 rings (SSSR count). The van der Waals surface area contributed by atoms with Crippen molar-refractivity contribution in [3.8, 4) is 5.75 Å². The molecule has 0 aromatic heterocycles. The molecule has 1 aromatic rings. The number of benzene rings is 1. The molecule has 2 fully saturated rings. The Hall–Kier alpha value is -1.02. The Labute approximate surface area is 116 Å². The standard InChI is InChI=1S/C17H24O2/c1-18-16-9-7-13(8-10-16)4-2-5-14-12-15-6-3-11-19-17(14)15/h7-10,14-15,17H,2-6,11-12H2,1H3/t14-,15-,17+/m1/s1. The normalized spacial score (nSPS) is 29.4. The van der Waals surface area contributed by atoms with Gasteiger partial charge in [-0.15, -0.1) is 0 Å². The Kier molecular flexibility index (Phi) is 4.07. The molecule has 104 valence electrons. The molecule has 0 unspecified atom stereocenters. The van der Waals surface area contributed by atoms with Gasteiger partial charge in [-0.05, 0) is 68.1 Å². The molecule has 0 radical (unpaired) electrons. The average Bonchev–Trinajstić information content (AvgIpc) is 2.44. The first kappa shape index (κ1) is 13.0. The molecule has 19 heavy (non-hydrogen) atoms. The number of hydrogen-bond acceptors (Lipinski definition) is 2. The summed E-state index contributed by atoms with van der Waals surface area (Å²) in [4.78, 5) is 0. The van der Waals surface area contributed by atoms with E-state index in [-0.39, 0.29) is 0 Å². The maximum absolute atomic E-state index is 5.91. The number of hydrogen-bond donors (Lipinski definition) is 0. The Morgan fingerprint density at radius 3 is 2.84 bits per heavy atom. The van der Waals surface area contributed by atoms with Crippen LogP contribution in [0.15, 0.2) is 24.3 Å². The summed E-state index contributed by atoms with van der Waals surface area (Å²) < 4.78 is 11.1. The fourth-order valence-corrected chi connectivity index (χ4v) is 3.61. The first-order valence-electron chi connectivity index (χ1n) is 7.61. The van der Waals surface area contributed by atoms with Crippen LogP contribution in [-0.4, -0.2) is 19.8 Å². The Morgan fingerprint density at radius 1 is 1.26 bits per heavy atom. The summed E-state index contributed by atoms with van der Waals surface area (Å²) >= 11 is 0. The van der Waals surface area contributed by atoms with E-state index in [1.54, 1.807) is 7.11 Å². The van der Waals surface area contributed by atoms with Gasteiger partial charge >= 0.3 is 0 Å².